The number of benzene rings is 3. The lowest BCUT2D eigenvalue weighted by molar-refractivity contribution is 0.0734. The first-order valence-electron chi connectivity index (χ1n) is 15.3. The van der Waals surface area contributed by atoms with Crippen molar-refractivity contribution in [3.63, 3.8) is 0 Å². The summed E-state index contributed by atoms with van der Waals surface area (Å²) in [6, 6.07) is 12.8. The number of unbranched alkanes of at least 4 members (excludes halogenated alkanes) is 10. The lowest BCUT2D eigenvalue weighted by Crippen LogP contribution is -2.09. The molecule has 7 heteroatoms. The molecule has 0 unspecified atom stereocenters. The molecule has 228 valence electrons. The molecule has 0 fully saturated rings. The summed E-state index contributed by atoms with van der Waals surface area (Å²) in [5.74, 6) is -3.33. The average molecular weight is 585 g/mol. The van der Waals surface area contributed by atoms with Crippen LogP contribution in [-0.2, 0) is 0 Å². The van der Waals surface area contributed by atoms with Gasteiger partial charge in [0.25, 0.3) is 0 Å². The fourth-order valence-corrected chi connectivity index (χ4v) is 4.61. The summed E-state index contributed by atoms with van der Waals surface area (Å²) in [5.41, 5.74) is 0.628. The monoisotopic (exact) mass is 584 g/mol. The SMILES string of the molecule is CCCCCCCCOc1ccc(OC(=O)c2ccc(-c3ccc(OCCCCCCCC)c(F)c3F)cc2)cc1F. The number of hydrogen-bond donors (Lipinski definition) is 0. The zero-order valence-corrected chi connectivity index (χ0v) is 24.9. The maximum Gasteiger partial charge on any atom is 0.343 e. The van der Waals surface area contributed by atoms with Gasteiger partial charge in [0, 0.05) is 11.6 Å². The van der Waals surface area contributed by atoms with Crippen molar-refractivity contribution in [1.82, 2.24) is 0 Å². The Morgan fingerprint density at radius 2 is 1.17 bits per heavy atom. The summed E-state index contributed by atoms with van der Waals surface area (Å²) in [5, 5.41) is 0. The van der Waals surface area contributed by atoms with Gasteiger partial charge in [-0.25, -0.2) is 13.6 Å². The number of carbonyl (C=O) groups is 1. The molecule has 0 radical (unpaired) electrons. The first kappa shape index (κ1) is 33.0. The number of esters is 1. The van der Waals surface area contributed by atoms with E-state index in [1.54, 1.807) is 0 Å². The van der Waals surface area contributed by atoms with Crippen LogP contribution < -0.4 is 14.2 Å². The quantitative estimate of drug-likeness (QED) is 0.0799. The Labute approximate surface area is 248 Å². The Hall–Kier alpha value is -3.48. The van der Waals surface area contributed by atoms with Crippen molar-refractivity contribution in [2.75, 3.05) is 13.2 Å². The van der Waals surface area contributed by atoms with Crippen LogP contribution in [0.1, 0.15) is 101 Å². The van der Waals surface area contributed by atoms with E-state index in [0.717, 1.165) is 44.6 Å². The Bertz CT molecular complexity index is 1240. The van der Waals surface area contributed by atoms with Crippen molar-refractivity contribution < 1.29 is 32.2 Å². The van der Waals surface area contributed by atoms with E-state index in [-0.39, 0.29) is 28.4 Å². The molecule has 0 saturated carbocycles. The van der Waals surface area contributed by atoms with Gasteiger partial charge in [-0.15, -0.1) is 0 Å². The van der Waals surface area contributed by atoms with Crippen LogP contribution in [0.25, 0.3) is 11.1 Å². The largest absolute Gasteiger partial charge is 0.491 e. The third kappa shape index (κ3) is 10.4. The van der Waals surface area contributed by atoms with Gasteiger partial charge >= 0.3 is 5.97 Å². The van der Waals surface area contributed by atoms with Crippen molar-refractivity contribution in [3.8, 4) is 28.4 Å². The van der Waals surface area contributed by atoms with Crippen LogP contribution in [0.2, 0.25) is 0 Å². The van der Waals surface area contributed by atoms with Crippen LogP contribution in [0.5, 0.6) is 17.2 Å². The molecule has 0 aliphatic rings. The number of carbonyl (C=O) groups excluding carboxylic acids is 1. The van der Waals surface area contributed by atoms with Gasteiger partial charge in [0.2, 0.25) is 5.82 Å². The molecule has 0 aromatic heterocycles. The number of hydrogen-bond acceptors (Lipinski definition) is 4. The Morgan fingerprint density at radius 1 is 0.619 bits per heavy atom. The molecule has 3 aromatic rings. The molecule has 0 heterocycles. The molecule has 0 aliphatic carbocycles. The minimum atomic E-state index is -1.04. The highest BCUT2D eigenvalue weighted by molar-refractivity contribution is 5.91. The minimum Gasteiger partial charge on any atom is -0.491 e. The van der Waals surface area contributed by atoms with Crippen LogP contribution in [0.4, 0.5) is 13.2 Å². The molecule has 0 atom stereocenters. The standard InChI is InChI=1S/C35H43F3O4/c1-3-5-7-9-11-13-23-40-31-21-19-28(25-30(31)36)42-35(39)27-17-15-26(16-18-27)29-20-22-32(34(38)33(29)37)41-24-14-12-10-8-6-4-2/h15-22,25H,3-14,23-24H2,1-2H3. The number of ether oxygens (including phenoxy) is 3. The molecule has 0 spiro atoms. The Morgan fingerprint density at radius 3 is 1.76 bits per heavy atom. The van der Waals surface area contributed by atoms with Gasteiger partial charge in [-0.05, 0) is 54.8 Å². The summed E-state index contributed by atoms with van der Waals surface area (Å²) < 4.78 is 60.3. The van der Waals surface area contributed by atoms with Gasteiger partial charge in [-0.1, -0.05) is 90.2 Å². The normalized spacial score (nSPS) is 11.0. The molecule has 42 heavy (non-hydrogen) atoms. The van der Waals surface area contributed by atoms with E-state index in [2.05, 4.69) is 13.8 Å². The summed E-state index contributed by atoms with van der Waals surface area (Å²) in [7, 11) is 0. The lowest BCUT2D eigenvalue weighted by atomic mass is 10.0. The van der Waals surface area contributed by atoms with Crippen LogP contribution >= 0.6 is 0 Å². The highest BCUT2D eigenvalue weighted by Crippen LogP contribution is 2.31. The van der Waals surface area contributed by atoms with Crippen molar-refractivity contribution >= 4 is 5.97 Å². The molecular formula is C35H43F3O4. The summed E-state index contributed by atoms with van der Waals surface area (Å²) in [6.45, 7) is 5.08. The molecule has 0 N–H and O–H groups in total. The van der Waals surface area contributed by atoms with E-state index in [1.807, 2.05) is 0 Å². The summed E-state index contributed by atoms with van der Waals surface area (Å²) in [6.07, 6.45) is 13.1. The van der Waals surface area contributed by atoms with E-state index in [9.17, 15) is 18.0 Å². The van der Waals surface area contributed by atoms with E-state index < -0.39 is 23.4 Å². The lowest BCUT2D eigenvalue weighted by Gasteiger charge is -2.11. The first-order valence-corrected chi connectivity index (χ1v) is 15.3. The second-order valence-electron chi connectivity index (χ2n) is 10.5. The predicted molar refractivity (Wildman–Crippen MR) is 161 cm³/mol. The molecule has 0 amide bonds. The molecule has 0 bridgehead atoms. The van der Waals surface area contributed by atoms with Crippen LogP contribution in [0.15, 0.2) is 54.6 Å². The highest BCUT2D eigenvalue weighted by Gasteiger charge is 2.17. The van der Waals surface area contributed by atoms with Gasteiger partial charge in [0.1, 0.15) is 5.75 Å². The summed E-state index contributed by atoms with van der Waals surface area (Å²) >= 11 is 0. The van der Waals surface area contributed by atoms with Crippen LogP contribution in [0, 0.1) is 17.5 Å². The van der Waals surface area contributed by atoms with Crippen molar-refractivity contribution in [1.29, 1.82) is 0 Å². The van der Waals surface area contributed by atoms with Crippen molar-refractivity contribution in [3.05, 3.63) is 77.6 Å². The molecule has 0 aliphatic heterocycles. The molecule has 3 aromatic carbocycles. The fourth-order valence-electron chi connectivity index (χ4n) is 4.61. The van der Waals surface area contributed by atoms with Crippen LogP contribution in [-0.4, -0.2) is 19.2 Å². The number of halogens is 3. The van der Waals surface area contributed by atoms with E-state index >= 15 is 0 Å². The maximum absolute atomic E-state index is 14.8. The predicted octanol–water partition coefficient (Wildman–Crippen LogP) is 10.5. The zero-order chi connectivity index (χ0) is 30.2. The third-order valence-corrected chi connectivity index (χ3v) is 7.10. The van der Waals surface area contributed by atoms with Gasteiger partial charge in [0.15, 0.2) is 23.1 Å². The third-order valence-electron chi connectivity index (χ3n) is 7.10. The van der Waals surface area contributed by atoms with Crippen molar-refractivity contribution in [2.45, 2.75) is 90.9 Å². The minimum absolute atomic E-state index is 0.0400. The highest BCUT2D eigenvalue weighted by atomic mass is 19.2. The van der Waals surface area contributed by atoms with E-state index in [1.165, 1.54) is 87.1 Å². The van der Waals surface area contributed by atoms with Gasteiger partial charge < -0.3 is 14.2 Å². The van der Waals surface area contributed by atoms with Crippen LogP contribution in [0.3, 0.4) is 0 Å². The zero-order valence-electron chi connectivity index (χ0n) is 24.9. The van der Waals surface area contributed by atoms with Crippen molar-refractivity contribution in [2.24, 2.45) is 0 Å². The molecule has 3 rings (SSSR count). The van der Waals surface area contributed by atoms with Gasteiger partial charge in [0.05, 0.1) is 18.8 Å². The fraction of sp³-hybridized carbons (Fsp3) is 0.457. The maximum atomic E-state index is 14.8. The molecular weight excluding hydrogens is 541 g/mol. The van der Waals surface area contributed by atoms with Gasteiger partial charge in [-0.2, -0.15) is 4.39 Å². The Kier molecular flexibility index (Phi) is 14.3. The number of rotatable bonds is 19. The summed E-state index contributed by atoms with van der Waals surface area (Å²) in [4.78, 5) is 12.6. The first-order chi connectivity index (χ1) is 20.4. The molecule has 4 nitrogen and oxygen atoms in total. The average Bonchev–Trinajstić information content (AvgIpc) is 2.99. The topological polar surface area (TPSA) is 44.8 Å². The molecule has 0 saturated heterocycles. The second kappa shape index (κ2) is 18.1. The van der Waals surface area contributed by atoms with E-state index in [0.29, 0.717) is 18.8 Å². The smallest absolute Gasteiger partial charge is 0.343 e. The second-order valence-corrected chi connectivity index (χ2v) is 10.5. The van der Waals surface area contributed by atoms with Gasteiger partial charge in [-0.3, -0.25) is 0 Å². The Balaban J connectivity index is 1.51. The van der Waals surface area contributed by atoms with E-state index in [4.69, 9.17) is 14.2 Å².